The molecule has 0 unspecified atom stereocenters. The van der Waals surface area contributed by atoms with Gasteiger partial charge in [-0.1, -0.05) is 18.2 Å². The number of carboxylic acid groups (broad SMARTS) is 1. The van der Waals surface area contributed by atoms with Crippen molar-refractivity contribution in [2.45, 2.75) is 6.61 Å². The van der Waals surface area contributed by atoms with Gasteiger partial charge in [0.2, 0.25) is 0 Å². The zero-order valence-electron chi connectivity index (χ0n) is 10.4. The molecule has 0 bridgehead atoms. The van der Waals surface area contributed by atoms with Gasteiger partial charge >= 0.3 is 5.97 Å². The number of aromatic carboxylic acids is 1. The molecule has 0 aliphatic heterocycles. The Labute approximate surface area is 110 Å². The van der Waals surface area contributed by atoms with Crippen LogP contribution in [0.1, 0.15) is 16.1 Å². The van der Waals surface area contributed by atoms with Gasteiger partial charge in [-0.25, -0.2) is 9.78 Å². The van der Waals surface area contributed by atoms with Gasteiger partial charge < -0.3 is 14.6 Å². The SMILES string of the molecule is COc1ccccc1COc1ccc(C(=O)O)nc1. The number of methoxy groups -OCH3 is 1. The van der Waals surface area contributed by atoms with Crippen LogP contribution >= 0.6 is 0 Å². The van der Waals surface area contributed by atoms with Crippen LogP contribution in [0.4, 0.5) is 0 Å². The first-order valence-electron chi connectivity index (χ1n) is 5.64. The fraction of sp³-hybridized carbons (Fsp3) is 0.143. The van der Waals surface area contributed by atoms with Crippen molar-refractivity contribution < 1.29 is 19.4 Å². The van der Waals surface area contributed by atoms with Gasteiger partial charge in [-0.3, -0.25) is 0 Å². The quantitative estimate of drug-likeness (QED) is 0.892. The molecule has 5 nitrogen and oxygen atoms in total. The minimum absolute atomic E-state index is 0.00959. The molecular formula is C14H13NO4. The van der Waals surface area contributed by atoms with Crippen LogP contribution in [0.3, 0.4) is 0 Å². The van der Waals surface area contributed by atoms with Crippen molar-refractivity contribution in [1.29, 1.82) is 0 Å². The zero-order valence-corrected chi connectivity index (χ0v) is 10.4. The Morgan fingerprint density at radius 1 is 1.26 bits per heavy atom. The highest BCUT2D eigenvalue weighted by Crippen LogP contribution is 2.19. The molecule has 1 heterocycles. The number of aromatic nitrogens is 1. The summed E-state index contributed by atoms with van der Waals surface area (Å²) >= 11 is 0. The molecule has 0 aliphatic rings. The van der Waals surface area contributed by atoms with Gasteiger partial charge in [-0.2, -0.15) is 0 Å². The second kappa shape index (κ2) is 5.86. The van der Waals surface area contributed by atoms with E-state index >= 15 is 0 Å². The Hall–Kier alpha value is -2.56. The van der Waals surface area contributed by atoms with E-state index in [0.717, 1.165) is 11.3 Å². The van der Waals surface area contributed by atoms with Gasteiger partial charge in [0.05, 0.1) is 13.3 Å². The number of hydrogen-bond acceptors (Lipinski definition) is 4. The first-order valence-corrected chi connectivity index (χ1v) is 5.64. The highest BCUT2D eigenvalue weighted by atomic mass is 16.5. The van der Waals surface area contributed by atoms with E-state index in [1.54, 1.807) is 13.2 Å². The van der Waals surface area contributed by atoms with Crippen molar-refractivity contribution in [2.24, 2.45) is 0 Å². The maximum atomic E-state index is 10.7. The van der Waals surface area contributed by atoms with Crippen molar-refractivity contribution in [3.05, 3.63) is 53.9 Å². The number of rotatable bonds is 5. The van der Waals surface area contributed by atoms with Gasteiger partial charge in [0.1, 0.15) is 23.8 Å². The van der Waals surface area contributed by atoms with Crippen LogP contribution in [0.25, 0.3) is 0 Å². The van der Waals surface area contributed by atoms with E-state index in [1.165, 1.54) is 12.3 Å². The largest absolute Gasteiger partial charge is 0.496 e. The Balaban J connectivity index is 2.04. The first kappa shape index (κ1) is 12.9. The van der Waals surface area contributed by atoms with E-state index in [1.807, 2.05) is 24.3 Å². The number of para-hydroxylation sites is 1. The third kappa shape index (κ3) is 3.22. The maximum absolute atomic E-state index is 10.7. The molecule has 0 amide bonds. The summed E-state index contributed by atoms with van der Waals surface area (Å²) in [6, 6.07) is 10.5. The first-order chi connectivity index (χ1) is 9.20. The second-order valence-electron chi connectivity index (χ2n) is 3.78. The van der Waals surface area contributed by atoms with Crippen LogP contribution in [-0.2, 0) is 6.61 Å². The molecule has 5 heteroatoms. The lowest BCUT2D eigenvalue weighted by atomic mass is 10.2. The molecule has 0 saturated heterocycles. The number of carboxylic acids is 1. The normalized spacial score (nSPS) is 9.95. The van der Waals surface area contributed by atoms with Crippen LogP contribution in [0.2, 0.25) is 0 Å². The molecule has 19 heavy (non-hydrogen) atoms. The second-order valence-corrected chi connectivity index (χ2v) is 3.78. The minimum atomic E-state index is -1.06. The van der Waals surface area contributed by atoms with Crippen LogP contribution in [-0.4, -0.2) is 23.2 Å². The summed E-state index contributed by atoms with van der Waals surface area (Å²) < 4.78 is 10.7. The van der Waals surface area contributed by atoms with Crippen molar-refractivity contribution in [1.82, 2.24) is 4.98 Å². The third-order valence-electron chi connectivity index (χ3n) is 2.54. The number of hydrogen-bond donors (Lipinski definition) is 1. The average molecular weight is 259 g/mol. The predicted molar refractivity (Wildman–Crippen MR) is 68.5 cm³/mol. The van der Waals surface area contributed by atoms with Crippen molar-refractivity contribution in [2.75, 3.05) is 7.11 Å². The van der Waals surface area contributed by atoms with E-state index in [9.17, 15) is 4.79 Å². The molecule has 98 valence electrons. The third-order valence-corrected chi connectivity index (χ3v) is 2.54. The molecule has 1 N–H and O–H groups in total. The predicted octanol–water partition coefficient (Wildman–Crippen LogP) is 2.37. The molecule has 0 fully saturated rings. The standard InChI is InChI=1S/C14H13NO4/c1-18-13-5-3-2-4-10(13)9-19-11-6-7-12(14(16)17)15-8-11/h2-8H,9H2,1H3,(H,16,17). The van der Waals surface area contributed by atoms with Gasteiger partial charge in [0.15, 0.2) is 0 Å². The van der Waals surface area contributed by atoms with Crippen molar-refractivity contribution >= 4 is 5.97 Å². The molecule has 0 atom stereocenters. The average Bonchev–Trinajstić information content (AvgIpc) is 2.45. The highest BCUT2D eigenvalue weighted by molar-refractivity contribution is 5.85. The summed E-state index contributed by atoms with van der Waals surface area (Å²) in [7, 11) is 1.60. The van der Waals surface area contributed by atoms with E-state index in [0.29, 0.717) is 12.4 Å². The fourth-order valence-electron chi connectivity index (χ4n) is 1.58. The van der Waals surface area contributed by atoms with E-state index in [4.69, 9.17) is 14.6 Å². The molecule has 0 radical (unpaired) electrons. The van der Waals surface area contributed by atoms with Crippen LogP contribution < -0.4 is 9.47 Å². The summed E-state index contributed by atoms with van der Waals surface area (Å²) in [5, 5.41) is 8.73. The molecular weight excluding hydrogens is 246 g/mol. The lowest BCUT2D eigenvalue weighted by Gasteiger charge is -2.09. The number of benzene rings is 1. The lowest BCUT2D eigenvalue weighted by molar-refractivity contribution is 0.0690. The molecule has 0 aliphatic carbocycles. The number of pyridine rings is 1. The zero-order chi connectivity index (χ0) is 13.7. The van der Waals surface area contributed by atoms with Crippen molar-refractivity contribution in [3.63, 3.8) is 0 Å². The molecule has 2 aromatic rings. The summed E-state index contributed by atoms with van der Waals surface area (Å²) in [6.45, 7) is 0.331. The lowest BCUT2D eigenvalue weighted by Crippen LogP contribution is -2.01. The molecule has 0 saturated carbocycles. The number of ether oxygens (including phenoxy) is 2. The number of nitrogens with zero attached hydrogens (tertiary/aromatic N) is 1. The van der Waals surface area contributed by atoms with Gasteiger partial charge in [0, 0.05) is 5.56 Å². The smallest absolute Gasteiger partial charge is 0.354 e. The molecule has 0 spiro atoms. The summed E-state index contributed by atoms with van der Waals surface area (Å²) in [4.78, 5) is 14.4. The fourth-order valence-corrected chi connectivity index (χ4v) is 1.58. The van der Waals surface area contributed by atoms with Crippen LogP contribution in [0.15, 0.2) is 42.6 Å². The van der Waals surface area contributed by atoms with Crippen LogP contribution in [0, 0.1) is 0 Å². The van der Waals surface area contributed by atoms with E-state index < -0.39 is 5.97 Å². The highest BCUT2D eigenvalue weighted by Gasteiger charge is 2.05. The number of carbonyl (C=O) groups is 1. The van der Waals surface area contributed by atoms with Crippen LogP contribution in [0.5, 0.6) is 11.5 Å². The summed E-state index contributed by atoms with van der Waals surface area (Å²) in [5.74, 6) is 0.199. The van der Waals surface area contributed by atoms with E-state index in [-0.39, 0.29) is 5.69 Å². The molecule has 1 aromatic carbocycles. The van der Waals surface area contributed by atoms with E-state index in [2.05, 4.69) is 4.98 Å². The van der Waals surface area contributed by atoms with Gasteiger partial charge in [-0.05, 0) is 18.2 Å². The van der Waals surface area contributed by atoms with Gasteiger partial charge in [-0.15, -0.1) is 0 Å². The maximum Gasteiger partial charge on any atom is 0.354 e. The Morgan fingerprint density at radius 3 is 2.68 bits per heavy atom. The monoisotopic (exact) mass is 259 g/mol. The molecule has 1 aromatic heterocycles. The summed E-state index contributed by atoms with van der Waals surface area (Å²) in [6.07, 6.45) is 1.39. The topological polar surface area (TPSA) is 68.7 Å². The Morgan fingerprint density at radius 2 is 2.05 bits per heavy atom. The van der Waals surface area contributed by atoms with Gasteiger partial charge in [0.25, 0.3) is 0 Å². The molecule has 2 rings (SSSR count). The minimum Gasteiger partial charge on any atom is -0.496 e. The van der Waals surface area contributed by atoms with Crippen molar-refractivity contribution in [3.8, 4) is 11.5 Å². The Kier molecular flexibility index (Phi) is 3.97. The summed E-state index contributed by atoms with van der Waals surface area (Å²) in [5.41, 5.74) is 0.900. The Bertz CT molecular complexity index is 566.